The van der Waals surface area contributed by atoms with Crippen LogP contribution in [0.4, 0.5) is 10.3 Å². The molecule has 0 aliphatic heterocycles. The monoisotopic (exact) mass is 269 g/mol. The van der Waals surface area contributed by atoms with Crippen LogP contribution in [0.2, 0.25) is 0 Å². The maximum absolute atomic E-state index is 13.8. The second kappa shape index (κ2) is 3.75. The van der Waals surface area contributed by atoms with E-state index in [2.05, 4.69) is 15.0 Å². The van der Waals surface area contributed by atoms with Gasteiger partial charge in [-0.2, -0.15) is 4.98 Å². The fourth-order valence-corrected chi connectivity index (χ4v) is 2.36. The molecule has 2 aromatic rings. The van der Waals surface area contributed by atoms with Gasteiger partial charge in [-0.3, -0.25) is 9.78 Å². The number of aliphatic hydroxyl groups is 2. The number of nitrogens with zero attached hydrogens (tertiary/aromatic N) is 3. The molecule has 0 amide bonds. The molecule has 3 unspecified atom stereocenters. The quantitative estimate of drug-likeness (QED) is 0.536. The molecule has 3 atom stereocenters. The largest absolute Gasteiger partial charge is 0.393 e. The highest BCUT2D eigenvalue weighted by Gasteiger charge is 2.55. The van der Waals surface area contributed by atoms with E-state index in [0.717, 1.165) is 0 Å². The number of hydrogen-bond acceptors (Lipinski definition) is 6. The molecule has 0 saturated heterocycles. The Morgan fingerprint density at radius 1 is 1.68 bits per heavy atom. The van der Waals surface area contributed by atoms with E-state index in [4.69, 9.17) is 10.8 Å². The Balaban J connectivity index is 2.06. The summed E-state index contributed by atoms with van der Waals surface area (Å²) in [7, 11) is 0. The van der Waals surface area contributed by atoms with Crippen molar-refractivity contribution in [3.63, 3.8) is 0 Å². The third-order valence-electron chi connectivity index (χ3n) is 3.51. The average molecular weight is 269 g/mol. The summed E-state index contributed by atoms with van der Waals surface area (Å²) in [5.74, 6) is -0.0817. The minimum absolute atomic E-state index is 0.0711. The maximum atomic E-state index is 13.8. The topological polar surface area (TPSA) is 130 Å². The van der Waals surface area contributed by atoms with Crippen molar-refractivity contribution in [2.45, 2.75) is 24.2 Å². The molecular formula is C10H12FN5O3. The lowest BCUT2D eigenvalue weighted by molar-refractivity contribution is -0.149. The Morgan fingerprint density at radius 3 is 3.05 bits per heavy atom. The zero-order valence-electron chi connectivity index (χ0n) is 9.75. The van der Waals surface area contributed by atoms with Crippen LogP contribution >= 0.6 is 0 Å². The smallest absolute Gasteiger partial charge is 0.280 e. The van der Waals surface area contributed by atoms with Gasteiger partial charge in [0.2, 0.25) is 5.95 Å². The number of alkyl halides is 1. The third kappa shape index (κ3) is 1.55. The van der Waals surface area contributed by atoms with Crippen molar-refractivity contribution in [3.8, 4) is 0 Å². The van der Waals surface area contributed by atoms with Crippen molar-refractivity contribution in [2.75, 3.05) is 12.3 Å². The van der Waals surface area contributed by atoms with E-state index in [1.165, 1.54) is 10.9 Å². The summed E-state index contributed by atoms with van der Waals surface area (Å²) < 4.78 is 15.2. The lowest BCUT2D eigenvalue weighted by Crippen LogP contribution is -2.58. The molecule has 1 saturated carbocycles. The van der Waals surface area contributed by atoms with Crippen LogP contribution in [0.5, 0.6) is 0 Å². The van der Waals surface area contributed by atoms with Gasteiger partial charge in [0.15, 0.2) is 16.8 Å². The second-order valence-corrected chi connectivity index (χ2v) is 4.68. The van der Waals surface area contributed by atoms with E-state index < -0.39 is 30.0 Å². The molecule has 19 heavy (non-hydrogen) atoms. The van der Waals surface area contributed by atoms with Gasteiger partial charge in [-0.25, -0.2) is 9.37 Å². The highest BCUT2D eigenvalue weighted by Crippen LogP contribution is 2.45. The number of aromatic amines is 1. The fraction of sp³-hybridized carbons (Fsp3) is 0.500. The van der Waals surface area contributed by atoms with E-state index in [9.17, 15) is 14.3 Å². The van der Waals surface area contributed by atoms with Crippen molar-refractivity contribution in [3.05, 3.63) is 16.7 Å². The molecular weight excluding hydrogens is 257 g/mol. The van der Waals surface area contributed by atoms with Crippen LogP contribution in [-0.2, 0) is 0 Å². The van der Waals surface area contributed by atoms with E-state index in [-0.39, 0.29) is 23.5 Å². The van der Waals surface area contributed by atoms with Gasteiger partial charge in [0.1, 0.15) is 6.10 Å². The van der Waals surface area contributed by atoms with Crippen LogP contribution in [0.1, 0.15) is 12.5 Å². The molecule has 1 aliphatic rings. The Bertz CT molecular complexity index is 698. The predicted octanol–water partition coefficient (Wildman–Crippen LogP) is -1.29. The fourth-order valence-electron chi connectivity index (χ4n) is 2.36. The van der Waals surface area contributed by atoms with Crippen molar-refractivity contribution in [1.29, 1.82) is 0 Å². The van der Waals surface area contributed by atoms with Crippen LogP contribution in [-0.4, -0.2) is 48.1 Å². The molecule has 3 rings (SSSR count). The Morgan fingerprint density at radius 2 is 2.42 bits per heavy atom. The van der Waals surface area contributed by atoms with E-state index in [1.54, 1.807) is 0 Å². The van der Waals surface area contributed by atoms with E-state index in [0.29, 0.717) is 0 Å². The zero-order valence-corrected chi connectivity index (χ0v) is 9.75. The third-order valence-corrected chi connectivity index (χ3v) is 3.51. The van der Waals surface area contributed by atoms with Gasteiger partial charge in [-0.1, -0.05) is 0 Å². The number of halogens is 1. The number of nitrogens with two attached hydrogens (primary N) is 1. The molecule has 0 spiro atoms. The molecule has 5 N–H and O–H groups in total. The lowest BCUT2D eigenvalue weighted by atomic mass is 9.74. The molecule has 0 bridgehead atoms. The van der Waals surface area contributed by atoms with Gasteiger partial charge >= 0.3 is 0 Å². The summed E-state index contributed by atoms with van der Waals surface area (Å²) in [6.07, 6.45) is -0.154. The van der Waals surface area contributed by atoms with Crippen molar-refractivity contribution in [2.24, 2.45) is 0 Å². The Hall–Kier alpha value is -2.00. The molecule has 9 heteroatoms. The SMILES string of the molecule is Nc1nc2c(ncn2C2CC(F)(CO)C2O)c(=O)[nH]1. The standard InChI is InChI=1S/C10H12FN5O3/c11-10(2-17)1-4(6(10)18)16-3-13-5-7(16)14-9(12)15-8(5)19/h3-4,6,17-18H,1-2H2,(H3,12,14,15,19). The van der Waals surface area contributed by atoms with E-state index >= 15 is 0 Å². The number of nitrogen functional groups attached to an aromatic ring is 1. The number of H-pyrrole nitrogens is 1. The van der Waals surface area contributed by atoms with Gasteiger partial charge in [0, 0.05) is 6.42 Å². The van der Waals surface area contributed by atoms with Gasteiger partial charge in [0.05, 0.1) is 19.0 Å². The Kier molecular flexibility index (Phi) is 2.38. The first-order chi connectivity index (χ1) is 8.96. The van der Waals surface area contributed by atoms with Gasteiger partial charge in [-0.05, 0) is 0 Å². The van der Waals surface area contributed by atoms with Crippen LogP contribution in [0.3, 0.4) is 0 Å². The maximum Gasteiger partial charge on any atom is 0.280 e. The number of aliphatic hydroxyl groups excluding tert-OH is 2. The molecule has 102 valence electrons. The number of imidazole rings is 1. The summed E-state index contributed by atoms with van der Waals surface area (Å²) >= 11 is 0. The minimum Gasteiger partial charge on any atom is -0.393 e. The minimum atomic E-state index is -2.02. The first-order valence-corrected chi connectivity index (χ1v) is 5.66. The van der Waals surface area contributed by atoms with Gasteiger partial charge in [-0.15, -0.1) is 0 Å². The van der Waals surface area contributed by atoms with Crippen molar-refractivity contribution < 1.29 is 14.6 Å². The molecule has 0 aromatic carbocycles. The van der Waals surface area contributed by atoms with Crippen molar-refractivity contribution >= 4 is 17.1 Å². The van der Waals surface area contributed by atoms with Crippen molar-refractivity contribution in [1.82, 2.24) is 19.5 Å². The first-order valence-electron chi connectivity index (χ1n) is 5.66. The second-order valence-electron chi connectivity index (χ2n) is 4.68. The van der Waals surface area contributed by atoms with Crippen LogP contribution < -0.4 is 11.3 Å². The summed E-state index contributed by atoms with van der Waals surface area (Å²) in [6, 6.07) is -0.629. The predicted molar refractivity (Wildman–Crippen MR) is 63.1 cm³/mol. The number of anilines is 1. The number of nitrogens with one attached hydrogen (secondary N) is 1. The van der Waals surface area contributed by atoms with Crippen LogP contribution in [0.15, 0.2) is 11.1 Å². The Labute approximate surface area is 105 Å². The molecule has 8 nitrogen and oxygen atoms in total. The van der Waals surface area contributed by atoms with Crippen LogP contribution in [0.25, 0.3) is 11.2 Å². The highest BCUT2D eigenvalue weighted by molar-refractivity contribution is 5.70. The summed E-state index contributed by atoms with van der Waals surface area (Å²) in [5.41, 5.74) is 3.18. The molecule has 2 aromatic heterocycles. The lowest BCUT2D eigenvalue weighted by Gasteiger charge is -2.45. The van der Waals surface area contributed by atoms with E-state index in [1.807, 2.05) is 0 Å². The summed E-state index contributed by atoms with van der Waals surface area (Å²) in [5, 5.41) is 18.7. The summed E-state index contributed by atoms with van der Waals surface area (Å²) in [6.45, 7) is -0.757. The first kappa shape index (κ1) is 12.1. The van der Waals surface area contributed by atoms with Gasteiger partial charge in [0.25, 0.3) is 5.56 Å². The highest BCUT2D eigenvalue weighted by atomic mass is 19.1. The van der Waals surface area contributed by atoms with Crippen LogP contribution in [0, 0.1) is 0 Å². The number of fused-ring (bicyclic) bond motifs is 1. The molecule has 1 fully saturated rings. The number of aromatic nitrogens is 4. The molecule has 0 radical (unpaired) electrons. The molecule has 2 heterocycles. The number of rotatable bonds is 2. The average Bonchev–Trinajstić information content (AvgIpc) is 2.78. The van der Waals surface area contributed by atoms with Gasteiger partial charge < -0.3 is 20.5 Å². The normalized spacial score (nSPS) is 30.5. The molecule has 1 aliphatic carbocycles. The summed E-state index contributed by atoms with van der Waals surface area (Å²) in [4.78, 5) is 21.7. The zero-order chi connectivity index (χ0) is 13.8. The number of hydrogen-bond donors (Lipinski definition) is 4.